The van der Waals surface area contributed by atoms with Crippen LogP contribution in [0.5, 0.6) is 0 Å². The first kappa shape index (κ1) is 13.6. The third kappa shape index (κ3) is 2.78. The number of carbonyl (C=O) groups excluding carboxylic acids is 1. The van der Waals surface area contributed by atoms with Gasteiger partial charge >= 0.3 is 5.97 Å². The Balaban J connectivity index is 2.27. The molecule has 4 heteroatoms. The van der Waals surface area contributed by atoms with Crippen molar-refractivity contribution in [1.29, 1.82) is 0 Å². The maximum absolute atomic E-state index is 12.2. The molecule has 19 heavy (non-hydrogen) atoms. The molecule has 1 aliphatic heterocycles. The number of hydrogen-bond donors (Lipinski definition) is 1. The molecule has 0 bridgehead atoms. The molecule has 1 amide bonds. The van der Waals surface area contributed by atoms with Gasteiger partial charge in [0.05, 0.1) is 5.92 Å². The lowest BCUT2D eigenvalue weighted by molar-refractivity contribution is -0.139. The molecule has 0 spiro atoms. The zero-order valence-corrected chi connectivity index (χ0v) is 11.1. The molecule has 0 saturated heterocycles. The van der Waals surface area contributed by atoms with E-state index in [0.29, 0.717) is 19.4 Å². The topological polar surface area (TPSA) is 57.6 Å². The Labute approximate surface area is 113 Å². The van der Waals surface area contributed by atoms with Gasteiger partial charge in [-0.25, -0.2) is 0 Å². The zero-order valence-electron chi connectivity index (χ0n) is 11.1. The molecule has 0 saturated carbocycles. The standard InChI is InChI=1S/C15H19NO3/c1-2-3-8-14(17)16-10-9-12(15(18)19)11-6-4-5-7-13(11)16/h4-7,12H,2-3,8-10H2,1H3,(H,18,19). The highest BCUT2D eigenvalue weighted by Gasteiger charge is 2.31. The van der Waals surface area contributed by atoms with Gasteiger partial charge in [0.2, 0.25) is 5.91 Å². The van der Waals surface area contributed by atoms with E-state index in [1.54, 1.807) is 4.90 Å². The maximum atomic E-state index is 12.2. The van der Waals surface area contributed by atoms with Crippen molar-refractivity contribution in [2.45, 2.75) is 38.5 Å². The molecule has 1 unspecified atom stereocenters. The zero-order chi connectivity index (χ0) is 13.8. The van der Waals surface area contributed by atoms with E-state index in [1.807, 2.05) is 24.3 Å². The van der Waals surface area contributed by atoms with Crippen LogP contribution < -0.4 is 4.90 Å². The number of carbonyl (C=O) groups is 2. The average Bonchev–Trinajstić information content (AvgIpc) is 2.43. The Morgan fingerprint density at radius 1 is 1.37 bits per heavy atom. The van der Waals surface area contributed by atoms with E-state index in [4.69, 9.17) is 0 Å². The molecule has 1 atom stereocenters. The second-order valence-corrected chi connectivity index (χ2v) is 4.89. The highest BCUT2D eigenvalue weighted by Crippen LogP contribution is 2.35. The van der Waals surface area contributed by atoms with Crippen molar-refractivity contribution in [1.82, 2.24) is 0 Å². The molecule has 0 aromatic heterocycles. The number of carboxylic acid groups (broad SMARTS) is 1. The van der Waals surface area contributed by atoms with Crippen LogP contribution in [0.25, 0.3) is 0 Å². The number of para-hydroxylation sites is 1. The normalized spacial score (nSPS) is 17.9. The van der Waals surface area contributed by atoms with Gasteiger partial charge in [0.1, 0.15) is 0 Å². The van der Waals surface area contributed by atoms with Gasteiger partial charge < -0.3 is 10.0 Å². The minimum Gasteiger partial charge on any atom is -0.481 e. The maximum Gasteiger partial charge on any atom is 0.311 e. The van der Waals surface area contributed by atoms with Gasteiger partial charge in [-0.15, -0.1) is 0 Å². The monoisotopic (exact) mass is 261 g/mol. The summed E-state index contributed by atoms with van der Waals surface area (Å²) in [5, 5.41) is 9.25. The lowest BCUT2D eigenvalue weighted by Crippen LogP contribution is -2.38. The van der Waals surface area contributed by atoms with E-state index < -0.39 is 11.9 Å². The van der Waals surface area contributed by atoms with Crippen LogP contribution in [-0.2, 0) is 9.59 Å². The highest BCUT2D eigenvalue weighted by molar-refractivity contribution is 5.96. The summed E-state index contributed by atoms with van der Waals surface area (Å²) < 4.78 is 0. The Morgan fingerprint density at radius 3 is 2.79 bits per heavy atom. The van der Waals surface area contributed by atoms with Crippen LogP contribution in [0, 0.1) is 0 Å². The molecular weight excluding hydrogens is 242 g/mol. The fourth-order valence-electron chi connectivity index (χ4n) is 2.54. The Bertz CT molecular complexity index is 484. The van der Waals surface area contributed by atoms with Crippen molar-refractivity contribution in [3.8, 4) is 0 Å². The van der Waals surface area contributed by atoms with E-state index >= 15 is 0 Å². The number of amides is 1. The van der Waals surface area contributed by atoms with E-state index in [0.717, 1.165) is 24.1 Å². The minimum absolute atomic E-state index is 0.0955. The van der Waals surface area contributed by atoms with E-state index in [1.165, 1.54) is 0 Å². The number of carboxylic acids is 1. The van der Waals surface area contributed by atoms with Gasteiger partial charge in [0.25, 0.3) is 0 Å². The first-order valence-electron chi connectivity index (χ1n) is 6.77. The quantitative estimate of drug-likeness (QED) is 0.906. The van der Waals surface area contributed by atoms with E-state index in [9.17, 15) is 14.7 Å². The first-order chi connectivity index (χ1) is 9.15. The van der Waals surface area contributed by atoms with Gasteiger partial charge in [0.15, 0.2) is 0 Å². The number of anilines is 1. The van der Waals surface area contributed by atoms with Crippen molar-refractivity contribution in [3.63, 3.8) is 0 Å². The lowest BCUT2D eigenvalue weighted by atomic mass is 9.90. The minimum atomic E-state index is -0.812. The summed E-state index contributed by atoms with van der Waals surface area (Å²) in [4.78, 5) is 25.2. The molecule has 0 fully saturated rings. The number of hydrogen-bond acceptors (Lipinski definition) is 2. The second-order valence-electron chi connectivity index (χ2n) is 4.89. The largest absolute Gasteiger partial charge is 0.481 e. The SMILES string of the molecule is CCCCC(=O)N1CCC(C(=O)O)c2ccccc21. The summed E-state index contributed by atoms with van der Waals surface area (Å²) in [6, 6.07) is 7.33. The van der Waals surface area contributed by atoms with Gasteiger partial charge in [0, 0.05) is 18.7 Å². The fourth-order valence-corrected chi connectivity index (χ4v) is 2.54. The smallest absolute Gasteiger partial charge is 0.311 e. The second kappa shape index (κ2) is 5.87. The molecule has 1 aliphatic rings. The van der Waals surface area contributed by atoms with Gasteiger partial charge in [-0.2, -0.15) is 0 Å². The van der Waals surface area contributed by atoms with Crippen LogP contribution in [0.4, 0.5) is 5.69 Å². The number of fused-ring (bicyclic) bond motifs is 1. The molecule has 1 aromatic carbocycles. The van der Waals surface area contributed by atoms with Crippen molar-refractivity contribution >= 4 is 17.6 Å². The molecule has 0 aliphatic carbocycles. The molecule has 4 nitrogen and oxygen atoms in total. The third-order valence-corrected chi connectivity index (χ3v) is 3.59. The average molecular weight is 261 g/mol. The summed E-state index contributed by atoms with van der Waals surface area (Å²) in [6.07, 6.45) is 2.88. The molecule has 0 radical (unpaired) electrons. The fraction of sp³-hybridized carbons (Fsp3) is 0.467. The number of aliphatic carboxylic acids is 1. The Hall–Kier alpha value is -1.84. The summed E-state index contributed by atoms with van der Waals surface area (Å²) in [5.74, 6) is -1.21. The van der Waals surface area contributed by atoms with Crippen LogP contribution in [-0.4, -0.2) is 23.5 Å². The molecule has 1 heterocycles. The third-order valence-electron chi connectivity index (χ3n) is 3.59. The van der Waals surface area contributed by atoms with Crippen molar-refractivity contribution in [2.75, 3.05) is 11.4 Å². The van der Waals surface area contributed by atoms with E-state index in [2.05, 4.69) is 6.92 Å². The van der Waals surface area contributed by atoms with Gasteiger partial charge in [-0.05, 0) is 24.5 Å². The first-order valence-corrected chi connectivity index (χ1v) is 6.77. The number of rotatable bonds is 4. The molecule has 1 aromatic rings. The van der Waals surface area contributed by atoms with Gasteiger partial charge in [-0.1, -0.05) is 31.5 Å². The van der Waals surface area contributed by atoms with Crippen LogP contribution in [0.2, 0.25) is 0 Å². The van der Waals surface area contributed by atoms with Crippen LogP contribution in [0.1, 0.15) is 44.1 Å². The van der Waals surface area contributed by atoms with Crippen LogP contribution >= 0.6 is 0 Å². The molecule has 1 N–H and O–H groups in total. The van der Waals surface area contributed by atoms with E-state index in [-0.39, 0.29) is 5.91 Å². The number of nitrogens with zero attached hydrogens (tertiary/aromatic N) is 1. The van der Waals surface area contributed by atoms with Crippen molar-refractivity contribution in [2.24, 2.45) is 0 Å². The van der Waals surface area contributed by atoms with Crippen LogP contribution in [0.3, 0.4) is 0 Å². The number of benzene rings is 1. The predicted octanol–water partition coefficient (Wildman–Crippen LogP) is 2.78. The Kier molecular flexibility index (Phi) is 4.20. The summed E-state index contributed by atoms with van der Waals surface area (Å²) in [5.41, 5.74) is 1.52. The summed E-state index contributed by atoms with van der Waals surface area (Å²) in [6.45, 7) is 2.55. The predicted molar refractivity (Wildman–Crippen MR) is 73.3 cm³/mol. The Morgan fingerprint density at radius 2 is 2.11 bits per heavy atom. The van der Waals surface area contributed by atoms with Crippen molar-refractivity contribution in [3.05, 3.63) is 29.8 Å². The number of unbranched alkanes of at least 4 members (excludes halogenated alkanes) is 1. The van der Waals surface area contributed by atoms with Crippen LogP contribution in [0.15, 0.2) is 24.3 Å². The van der Waals surface area contributed by atoms with Crippen molar-refractivity contribution < 1.29 is 14.7 Å². The summed E-state index contributed by atoms with van der Waals surface area (Å²) in [7, 11) is 0. The van der Waals surface area contributed by atoms with Gasteiger partial charge in [-0.3, -0.25) is 9.59 Å². The highest BCUT2D eigenvalue weighted by atomic mass is 16.4. The lowest BCUT2D eigenvalue weighted by Gasteiger charge is -2.32. The molecular formula is C15H19NO3. The summed E-state index contributed by atoms with van der Waals surface area (Å²) >= 11 is 0. The molecule has 2 rings (SSSR count). The molecule has 102 valence electrons.